The van der Waals surface area contributed by atoms with E-state index in [1.54, 1.807) is 0 Å². The van der Waals surface area contributed by atoms with E-state index in [2.05, 4.69) is 9.97 Å². The van der Waals surface area contributed by atoms with Gasteiger partial charge in [0.05, 0.1) is 5.56 Å². The van der Waals surface area contributed by atoms with Crippen molar-refractivity contribution in [2.75, 3.05) is 0 Å². The van der Waals surface area contributed by atoms with Crippen molar-refractivity contribution in [3.05, 3.63) is 48.1 Å². The minimum absolute atomic E-state index is 0.178. The molecule has 0 radical (unpaired) electrons. The number of nitrogens with zero attached hydrogens (tertiary/aromatic N) is 2. The van der Waals surface area contributed by atoms with Crippen LogP contribution in [-0.4, -0.2) is 21.0 Å². The Labute approximate surface area is 94.6 Å². The van der Waals surface area contributed by atoms with Gasteiger partial charge >= 0.3 is 5.97 Å². The van der Waals surface area contributed by atoms with E-state index in [9.17, 15) is 13.6 Å². The van der Waals surface area contributed by atoms with Crippen LogP contribution in [0.4, 0.5) is 8.78 Å². The van der Waals surface area contributed by atoms with E-state index < -0.39 is 17.6 Å². The monoisotopic (exact) mass is 236 g/mol. The first-order valence-electron chi connectivity index (χ1n) is 4.57. The van der Waals surface area contributed by atoms with Gasteiger partial charge in [-0.15, -0.1) is 0 Å². The van der Waals surface area contributed by atoms with Crippen molar-refractivity contribution in [1.82, 2.24) is 9.97 Å². The van der Waals surface area contributed by atoms with Crippen LogP contribution in [0.25, 0.3) is 11.1 Å². The van der Waals surface area contributed by atoms with E-state index in [1.807, 2.05) is 0 Å². The number of hydrogen-bond donors (Lipinski definition) is 1. The molecule has 0 unspecified atom stereocenters. The zero-order valence-corrected chi connectivity index (χ0v) is 8.39. The maximum atomic E-state index is 13.5. The summed E-state index contributed by atoms with van der Waals surface area (Å²) >= 11 is 0. The van der Waals surface area contributed by atoms with Gasteiger partial charge < -0.3 is 5.11 Å². The third kappa shape index (κ3) is 2.10. The van der Waals surface area contributed by atoms with Crippen molar-refractivity contribution in [1.29, 1.82) is 0 Å². The van der Waals surface area contributed by atoms with Gasteiger partial charge in [-0.1, -0.05) is 0 Å². The Morgan fingerprint density at radius 1 is 1.18 bits per heavy atom. The molecule has 1 aromatic heterocycles. The molecule has 0 saturated carbocycles. The maximum absolute atomic E-state index is 13.5. The van der Waals surface area contributed by atoms with Gasteiger partial charge in [0, 0.05) is 23.5 Å². The Hall–Kier alpha value is -2.37. The van der Waals surface area contributed by atoms with Crippen molar-refractivity contribution in [2.45, 2.75) is 0 Å². The number of halogens is 2. The molecule has 6 heteroatoms. The number of benzene rings is 1. The Bertz CT molecular complexity index is 573. The number of rotatable bonds is 2. The summed E-state index contributed by atoms with van der Waals surface area (Å²) in [6.07, 6.45) is 3.78. The molecule has 0 aliphatic rings. The lowest BCUT2D eigenvalue weighted by molar-refractivity contribution is 0.0696. The molecular formula is C11H6F2N2O2. The molecule has 0 aliphatic heterocycles. The molecular weight excluding hydrogens is 230 g/mol. The van der Waals surface area contributed by atoms with Crippen LogP contribution in [0, 0.1) is 11.6 Å². The van der Waals surface area contributed by atoms with Gasteiger partial charge in [-0.05, 0) is 12.1 Å². The topological polar surface area (TPSA) is 63.1 Å². The van der Waals surface area contributed by atoms with Crippen molar-refractivity contribution < 1.29 is 18.7 Å². The first-order valence-corrected chi connectivity index (χ1v) is 4.57. The summed E-state index contributed by atoms with van der Waals surface area (Å²) in [7, 11) is 0. The fraction of sp³-hybridized carbons (Fsp3) is 0. The second-order valence-corrected chi connectivity index (χ2v) is 3.25. The second-order valence-electron chi connectivity index (χ2n) is 3.25. The third-order valence-electron chi connectivity index (χ3n) is 2.15. The maximum Gasteiger partial charge on any atom is 0.335 e. The van der Waals surface area contributed by atoms with Crippen LogP contribution in [0.15, 0.2) is 30.9 Å². The van der Waals surface area contributed by atoms with Crippen LogP contribution in [0.5, 0.6) is 0 Å². The minimum atomic E-state index is -1.33. The van der Waals surface area contributed by atoms with Crippen LogP contribution in [-0.2, 0) is 0 Å². The molecule has 1 N–H and O–H groups in total. The van der Waals surface area contributed by atoms with Crippen LogP contribution in [0.2, 0.25) is 0 Å². The van der Waals surface area contributed by atoms with Crippen molar-refractivity contribution in [3.8, 4) is 11.1 Å². The lowest BCUT2D eigenvalue weighted by Crippen LogP contribution is -2.01. The van der Waals surface area contributed by atoms with Gasteiger partial charge in [-0.25, -0.2) is 23.5 Å². The number of carbonyl (C=O) groups is 1. The van der Waals surface area contributed by atoms with Crippen LogP contribution in [0.3, 0.4) is 0 Å². The predicted molar refractivity (Wildman–Crippen MR) is 54.3 cm³/mol. The van der Waals surface area contributed by atoms with E-state index in [-0.39, 0.29) is 16.7 Å². The minimum Gasteiger partial charge on any atom is -0.478 e. The summed E-state index contributed by atoms with van der Waals surface area (Å²) in [4.78, 5) is 18.0. The largest absolute Gasteiger partial charge is 0.478 e. The van der Waals surface area contributed by atoms with Gasteiger partial charge in [-0.3, -0.25) is 0 Å². The summed E-state index contributed by atoms with van der Waals surface area (Å²) < 4.78 is 26.7. The van der Waals surface area contributed by atoms with Crippen molar-refractivity contribution in [2.24, 2.45) is 0 Å². The third-order valence-corrected chi connectivity index (χ3v) is 2.15. The molecule has 0 fully saturated rings. The fourth-order valence-corrected chi connectivity index (χ4v) is 1.36. The van der Waals surface area contributed by atoms with Crippen molar-refractivity contribution >= 4 is 5.97 Å². The molecule has 4 nitrogen and oxygen atoms in total. The van der Waals surface area contributed by atoms with Crippen molar-refractivity contribution in [3.63, 3.8) is 0 Å². The molecule has 0 saturated heterocycles. The second kappa shape index (κ2) is 4.25. The molecule has 0 aliphatic carbocycles. The number of carboxylic acids is 1. The van der Waals surface area contributed by atoms with Gasteiger partial charge in [0.15, 0.2) is 11.6 Å². The number of aromatic carboxylic acids is 1. The molecule has 2 aromatic rings. The lowest BCUT2D eigenvalue weighted by atomic mass is 10.0. The fourth-order valence-electron chi connectivity index (χ4n) is 1.36. The normalized spacial score (nSPS) is 10.2. The Kier molecular flexibility index (Phi) is 2.78. The van der Waals surface area contributed by atoms with E-state index in [1.165, 1.54) is 18.7 Å². The standard InChI is InChI=1S/C11H6F2N2O2/c12-9-2-6(11(16)17)1-8(10(9)13)7-3-14-5-15-4-7/h1-5H,(H,16,17). The zero-order chi connectivity index (χ0) is 12.4. The van der Waals surface area contributed by atoms with Gasteiger partial charge in [0.25, 0.3) is 0 Å². The number of carboxylic acid groups (broad SMARTS) is 1. The number of aromatic nitrogens is 2. The van der Waals surface area contributed by atoms with Crippen LogP contribution >= 0.6 is 0 Å². The predicted octanol–water partition coefficient (Wildman–Crippen LogP) is 2.12. The molecule has 2 rings (SSSR count). The highest BCUT2D eigenvalue weighted by atomic mass is 19.2. The molecule has 0 bridgehead atoms. The molecule has 86 valence electrons. The van der Waals surface area contributed by atoms with E-state index >= 15 is 0 Å². The molecule has 0 amide bonds. The molecule has 1 aromatic carbocycles. The average Bonchev–Trinajstić information content (AvgIpc) is 2.33. The van der Waals surface area contributed by atoms with Crippen LogP contribution < -0.4 is 0 Å². The summed E-state index contributed by atoms with van der Waals surface area (Å²) in [5.74, 6) is -3.67. The Morgan fingerprint density at radius 3 is 2.41 bits per heavy atom. The van der Waals surface area contributed by atoms with Gasteiger partial charge in [-0.2, -0.15) is 0 Å². The quantitative estimate of drug-likeness (QED) is 0.867. The summed E-state index contributed by atoms with van der Waals surface area (Å²) in [5, 5.41) is 8.75. The highest BCUT2D eigenvalue weighted by molar-refractivity contribution is 5.89. The molecule has 0 spiro atoms. The Balaban J connectivity index is 2.65. The highest BCUT2D eigenvalue weighted by Gasteiger charge is 2.15. The number of hydrogen-bond acceptors (Lipinski definition) is 3. The van der Waals surface area contributed by atoms with E-state index in [4.69, 9.17) is 5.11 Å². The molecule has 1 heterocycles. The highest BCUT2D eigenvalue weighted by Crippen LogP contribution is 2.24. The van der Waals surface area contributed by atoms with Gasteiger partial charge in [0.2, 0.25) is 0 Å². The van der Waals surface area contributed by atoms with Crippen LogP contribution in [0.1, 0.15) is 10.4 Å². The smallest absolute Gasteiger partial charge is 0.335 e. The lowest BCUT2D eigenvalue weighted by Gasteiger charge is -2.05. The summed E-state index contributed by atoms with van der Waals surface area (Å²) in [6.45, 7) is 0. The first kappa shape index (κ1) is 11.1. The van der Waals surface area contributed by atoms with Gasteiger partial charge in [0.1, 0.15) is 6.33 Å². The molecule has 0 atom stereocenters. The first-order chi connectivity index (χ1) is 8.09. The zero-order valence-electron chi connectivity index (χ0n) is 8.39. The van der Waals surface area contributed by atoms with E-state index in [0.29, 0.717) is 6.07 Å². The van der Waals surface area contributed by atoms with E-state index in [0.717, 1.165) is 6.07 Å². The Morgan fingerprint density at radius 2 is 1.82 bits per heavy atom. The molecule has 17 heavy (non-hydrogen) atoms. The summed E-state index contributed by atoms with van der Waals surface area (Å²) in [5.41, 5.74) is -0.294. The average molecular weight is 236 g/mol. The summed E-state index contributed by atoms with van der Waals surface area (Å²) in [6, 6.07) is 1.67. The SMILES string of the molecule is O=C(O)c1cc(F)c(F)c(-c2cncnc2)c1.